The van der Waals surface area contributed by atoms with Gasteiger partial charge in [0.1, 0.15) is 11.6 Å². The van der Waals surface area contributed by atoms with E-state index in [4.69, 9.17) is 0 Å². The maximum absolute atomic E-state index is 13.8. The van der Waals surface area contributed by atoms with Crippen LogP contribution in [0.15, 0.2) is 42.5 Å². The van der Waals surface area contributed by atoms with E-state index >= 15 is 0 Å². The Morgan fingerprint density at radius 3 is 2.21 bits per heavy atom. The van der Waals surface area contributed by atoms with Gasteiger partial charge >= 0.3 is 0 Å². The summed E-state index contributed by atoms with van der Waals surface area (Å²) < 4.78 is 26.8. The van der Waals surface area contributed by atoms with Crippen molar-refractivity contribution in [3.8, 4) is 0 Å². The Kier molecular flexibility index (Phi) is 3.40. The van der Waals surface area contributed by atoms with E-state index in [-0.39, 0.29) is 4.83 Å². The molecule has 0 radical (unpaired) electrons. The first kappa shape index (κ1) is 12.8. The van der Waals surface area contributed by atoms with Crippen LogP contribution in [-0.4, -0.2) is 0 Å². The molecule has 0 nitrogen and oxygen atoms in total. The predicted molar refractivity (Wildman–Crippen MR) is 75.4 cm³/mol. The van der Waals surface area contributed by atoms with E-state index in [1.165, 1.54) is 23.3 Å². The molecule has 98 valence electrons. The van der Waals surface area contributed by atoms with Crippen LogP contribution in [0.25, 0.3) is 0 Å². The van der Waals surface area contributed by atoms with Gasteiger partial charge in [-0.1, -0.05) is 46.3 Å². The van der Waals surface area contributed by atoms with Crippen LogP contribution >= 0.6 is 15.9 Å². The Morgan fingerprint density at radius 2 is 1.63 bits per heavy atom. The first-order valence-electron chi connectivity index (χ1n) is 6.31. The van der Waals surface area contributed by atoms with Gasteiger partial charge in [0.15, 0.2) is 0 Å². The highest BCUT2D eigenvalue weighted by Crippen LogP contribution is 2.41. The molecule has 3 rings (SSSR count). The summed E-state index contributed by atoms with van der Waals surface area (Å²) in [6.45, 7) is 0. The molecule has 0 saturated carbocycles. The molecule has 0 bridgehead atoms. The van der Waals surface area contributed by atoms with Crippen LogP contribution in [0.2, 0.25) is 0 Å². The van der Waals surface area contributed by atoms with Crippen LogP contribution in [0, 0.1) is 17.6 Å². The van der Waals surface area contributed by atoms with E-state index in [1.54, 1.807) is 0 Å². The quantitative estimate of drug-likeness (QED) is 0.696. The summed E-state index contributed by atoms with van der Waals surface area (Å²) in [6.07, 6.45) is 1.87. The maximum Gasteiger partial charge on any atom is 0.130 e. The number of halogens is 3. The van der Waals surface area contributed by atoms with Crippen molar-refractivity contribution in [3.05, 3.63) is 70.8 Å². The largest absolute Gasteiger partial charge is 0.207 e. The van der Waals surface area contributed by atoms with E-state index in [2.05, 4.69) is 28.1 Å². The molecule has 1 aliphatic rings. The van der Waals surface area contributed by atoms with Crippen LogP contribution in [-0.2, 0) is 12.8 Å². The van der Waals surface area contributed by atoms with Crippen LogP contribution in [0.5, 0.6) is 0 Å². The van der Waals surface area contributed by atoms with Gasteiger partial charge in [-0.25, -0.2) is 8.78 Å². The van der Waals surface area contributed by atoms with Gasteiger partial charge in [0.05, 0.1) is 0 Å². The van der Waals surface area contributed by atoms with Crippen molar-refractivity contribution in [1.82, 2.24) is 0 Å². The first-order valence-corrected chi connectivity index (χ1v) is 7.22. The Labute approximate surface area is 119 Å². The second-order valence-corrected chi connectivity index (χ2v) is 5.99. The number of fused-ring (bicyclic) bond motifs is 1. The molecule has 0 saturated heterocycles. The van der Waals surface area contributed by atoms with E-state index < -0.39 is 11.6 Å². The molecule has 2 aromatic carbocycles. The number of rotatable bonds is 2. The third kappa shape index (κ3) is 2.44. The second-order valence-electron chi connectivity index (χ2n) is 5.00. The Bertz CT molecular complexity index is 584. The van der Waals surface area contributed by atoms with Crippen molar-refractivity contribution in [2.24, 2.45) is 5.92 Å². The van der Waals surface area contributed by atoms with Crippen molar-refractivity contribution in [2.75, 3.05) is 0 Å². The van der Waals surface area contributed by atoms with Crippen molar-refractivity contribution >= 4 is 15.9 Å². The first-order chi connectivity index (χ1) is 9.15. The molecule has 0 fully saturated rings. The third-order valence-electron chi connectivity index (χ3n) is 3.76. The molecule has 2 aromatic rings. The molecule has 1 aliphatic carbocycles. The molecule has 0 heterocycles. The molecule has 0 amide bonds. The number of alkyl halides is 1. The van der Waals surface area contributed by atoms with Gasteiger partial charge in [0.2, 0.25) is 0 Å². The summed E-state index contributed by atoms with van der Waals surface area (Å²) in [6, 6.07) is 12.1. The van der Waals surface area contributed by atoms with Crippen molar-refractivity contribution in [1.29, 1.82) is 0 Å². The number of benzene rings is 2. The lowest BCUT2D eigenvalue weighted by Gasteiger charge is -2.18. The minimum absolute atomic E-state index is 0.0829. The van der Waals surface area contributed by atoms with Gasteiger partial charge in [-0.3, -0.25) is 0 Å². The Balaban J connectivity index is 1.85. The third-order valence-corrected chi connectivity index (χ3v) is 5.00. The SMILES string of the molecule is Fc1ccc(C(Br)C2Cc3ccccc3C2)c(F)c1. The standard InChI is InChI=1S/C16H13BrF2/c17-16(14-6-5-13(18)9-15(14)19)12-7-10-3-1-2-4-11(10)8-12/h1-6,9,12,16H,7-8H2. The molecule has 0 aliphatic heterocycles. The summed E-state index contributed by atoms with van der Waals surface area (Å²) in [5.41, 5.74) is 3.21. The average Bonchev–Trinajstić information content (AvgIpc) is 2.81. The topological polar surface area (TPSA) is 0 Å². The molecular formula is C16H13BrF2. The monoisotopic (exact) mass is 322 g/mol. The van der Waals surface area contributed by atoms with Crippen LogP contribution in [0.1, 0.15) is 21.5 Å². The fourth-order valence-corrected chi connectivity index (χ4v) is 3.52. The fourth-order valence-electron chi connectivity index (χ4n) is 2.78. The highest BCUT2D eigenvalue weighted by molar-refractivity contribution is 9.09. The van der Waals surface area contributed by atoms with Crippen molar-refractivity contribution < 1.29 is 8.78 Å². The minimum Gasteiger partial charge on any atom is -0.207 e. The summed E-state index contributed by atoms with van der Waals surface area (Å²) in [5.74, 6) is -0.689. The van der Waals surface area contributed by atoms with Crippen molar-refractivity contribution in [2.45, 2.75) is 17.7 Å². The molecule has 0 spiro atoms. The highest BCUT2D eigenvalue weighted by atomic mass is 79.9. The zero-order chi connectivity index (χ0) is 13.4. The maximum atomic E-state index is 13.8. The van der Waals surface area contributed by atoms with Gasteiger partial charge in [0.25, 0.3) is 0 Å². The normalized spacial score (nSPS) is 16.4. The molecule has 3 heteroatoms. The summed E-state index contributed by atoms with van der Waals surface area (Å²) in [7, 11) is 0. The van der Waals surface area contributed by atoms with Gasteiger partial charge in [-0.15, -0.1) is 0 Å². The molecule has 1 atom stereocenters. The fraction of sp³-hybridized carbons (Fsp3) is 0.250. The van der Waals surface area contributed by atoms with Gasteiger partial charge in [-0.05, 0) is 36.0 Å². The molecule has 1 unspecified atom stereocenters. The second kappa shape index (κ2) is 5.04. The van der Waals surface area contributed by atoms with Gasteiger partial charge in [0, 0.05) is 16.5 Å². The minimum atomic E-state index is -0.532. The predicted octanol–water partition coefficient (Wildman–Crippen LogP) is 4.82. The lowest BCUT2D eigenvalue weighted by molar-refractivity contribution is 0.518. The smallest absolute Gasteiger partial charge is 0.130 e. The molecule has 0 aromatic heterocycles. The lowest BCUT2D eigenvalue weighted by Crippen LogP contribution is -2.09. The lowest BCUT2D eigenvalue weighted by atomic mass is 9.96. The highest BCUT2D eigenvalue weighted by Gasteiger charge is 2.29. The van der Waals surface area contributed by atoms with E-state index in [1.807, 2.05) is 12.1 Å². The van der Waals surface area contributed by atoms with Crippen molar-refractivity contribution in [3.63, 3.8) is 0 Å². The Morgan fingerprint density at radius 1 is 1.00 bits per heavy atom. The summed E-state index contributed by atoms with van der Waals surface area (Å²) in [5, 5.41) is 0. The van der Waals surface area contributed by atoms with Crippen LogP contribution < -0.4 is 0 Å². The molecule has 19 heavy (non-hydrogen) atoms. The summed E-state index contributed by atoms with van der Waals surface area (Å²) in [4.78, 5) is -0.0829. The molecule has 0 N–H and O–H groups in total. The van der Waals surface area contributed by atoms with Crippen LogP contribution in [0.4, 0.5) is 8.78 Å². The van der Waals surface area contributed by atoms with Gasteiger partial charge in [-0.2, -0.15) is 0 Å². The van der Waals surface area contributed by atoms with Crippen LogP contribution in [0.3, 0.4) is 0 Å². The number of hydrogen-bond acceptors (Lipinski definition) is 0. The number of hydrogen-bond donors (Lipinski definition) is 0. The molecular weight excluding hydrogens is 310 g/mol. The van der Waals surface area contributed by atoms with E-state index in [0.717, 1.165) is 18.9 Å². The summed E-state index contributed by atoms with van der Waals surface area (Å²) >= 11 is 3.58. The van der Waals surface area contributed by atoms with E-state index in [9.17, 15) is 8.78 Å². The average molecular weight is 323 g/mol. The zero-order valence-corrected chi connectivity index (χ0v) is 11.8. The zero-order valence-electron chi connectivity index (χ0n) is 10.2. The van der Waals surface area contributed by atoms with E-state index in [0.29, 0.717) is 11.5 Å². The Hall–Kier alpha value is -1.22. The van der Waals surface area contributed by atoms with Gasteiger partial charge < -0.3 is 0 Å².